The summed E-state index contributed by atoms with van der Waals surface area (Å²) in [5.41, 5.74) is 1.56. The molecule has 4 N–H and O–H groups in total. The van der Waals surface area contributed by atoms with E-state index in [1.807, 2.05) is 12.2 Å². The van der Waals surface area contributed by atoms with Crippen LogP contribution in [0.15, 0.2) is 72.8 Å². The van der Waals surface area contributed by atoms with Crippen LogP contribution in [0.1, 0.15) is 91.3 Å². The molecular formula is C34H40O6. The van der Waals surface area contributed by atoms with E-state index in [0.717, 1.165) is 24.8 Å². The molecule has 0 radical (unpaired) electrons. The van der Waals surface area contributed by atoms with Gasteiger partial charge in [-0.2, -0.15) is 0 Å². The van der Waals surface area contributed by atoms with Crippen LogP contribution in [0.2, 0.25) is 0 Å². The number of carbonyl (C=O) groups is 1. The predicted octanol–water partition coefficient (Wildman–Crippen LogP) is 8.24. The number of ether oxygens (including phenoxy) is 1. The Morgan fingerprint density at radius 1 is 0.850 bits per heavy atom. The van der Waals surface area contributed by atoms with Gasteiger partial charge in [0.15, 0.2) is 5.78 Å². The van der Waals surface area contributed by atoms with Crippen molar-refractivity contribution >= 4 is 11.9 Å². The van der Waals surface area contributed by atoms with Crippen LogP contribution in [-0.4, -0.2) is 33.3 Å². The van der Waals surface area contributed by atoms with Gasteiger partial charge in [0.2, 0.25) is 0 Å². The van der Waals surface area contributed by atoms with Crippen molar-refractivity contribution in [2.24, 2.45) is 0 Å². The van der Waals surface area contributed by atoms with Gasteiger partial charge >= 0.3 is 0 Å². The first-order valence-corrected chi connectivity index (χ1v) is 14.0. The minimum atomic E-state index is -0.566. The highest BCUT2D eigenvalue weighted by atomic mass is 16.5. The zero-order valence-corrected chi connectivity index (χ0v) is 23.3. The van der Waals surface area contributed by atoms with Gasteiger partial charge in [-0.25, -0.2) is 0 Å². The molecule has 0 saturated heterocycles. The number of rotatable bonds is 15. The highest BCUT2D eigenvalue weighted by molar-refractivity contribution is 6.11. The zero-order valence-electron chi connectivity index (χ0n) is 23.3. The maximum Gasteiger partial charge on any atom is 0.193 e. The topological polar surface area (TPSA) is 107 Å². The average Bonchev–Trinajstić information content (AvgIpc) is 2.95. The molecule has 0 aromatic heterocycles. The lowest BCUT2D eigenvalue weighted by molar-refractivity contribution is 0.104. The standard InChI is InChI=1S/C34H40O6/c1-3-4-5-6-7-8-9-10-11-12-28(25-16-20-27(36)21-17-25)32-30(38)23-31(40-2)33(34(32)39)29(37)22-15-24-13-18-26(35)19-14-24/h11-23,28,35-36,38-39H,3-10H2,1-2H3/b12-11+,22-15+. The molecule has 0 bridgehead atoms. The maximum atomic E-state index is 13.3. The van der Waals surface area contributed by atoms with Crippen LogP contribution in [0.4, 0.5) is 0 Å². The summed E-state index contributed by atoms with van der Waals surface area (Å²) in [4.78, 5) is 13.3. The van der Waals surface area contributed by atoms with Gasteiger partial charge in [0.05, 0.1) is 7.11 Å². The number of ketones is 1. The minimum Gasteiger partial charge on any atom is -0.508 e. The normalized spacial score (nSPS) is 12.2. The molecule has 0 aliphatic heterocycles. The Kier molecular flexibility index (Phi) is 11.7. The summed E-state index contributed by atoms with van der Waals surface area (Å²) in [6, 6.07) is 14.3. The number of phenolic OH excluding ortho intramolecular Hbond substituents is 4. The smallest absolute Gasteiger partial charge is 0.193 e. The molecule has 6 nitrogen and oxygen atoms in total. The third kappa shape index (κ3) is 8.40. The fourth-order valence-corrected chi connectivity index (χ4v) is 4.70. The summed E-state index contributed by atoms with van der Waals surface area (Å²) >= 11 is 0. The van der Waals surface area contributed by atoms with Crippen molar-refractivity contribution in [1.29, 1.82) is 0 Å². The first kappa shape index (κ1) is 30.4. The van der Waals surface area contributed by atoms with Gasteiger partial charge in [0.1, 0.15) is 34.3 Å². The van der Waals surface area contributed by atoms with Crippen LogP contribution in [0.3, 0.4) is 0 Å². The van der Waals surface area contributed by atoms with Crippen molar-refractivity contribution in [3.8, 4) is 28.7 Å². The second kappa shape index (κ2) is 15.4. The Bertz CT molecular complexity index is 1290. The zero-order chi connectivity index (χ0) is 28.9. The molecule has 0 saturated carbocycles. The van der Waals surface area contributed by atoms with Gasteiger partial charge in [0.25, 0.3) is 0 Å². The second-order valence-electron chi connectivity index (χ2n) is 9.93. The molecule has 1 atom stereocenters. The van der Waals surface area contributed by atoms with Crippen LogP contribution in [0.25, 0.3) is 6.08 Å². The van der Waals surface area contributed by atoms with Crippen LogP contribution in [-0.2, 0) is 0 Å². The average molecular weight is 545 g/mol. The third-order valence-electron chi connectivity index (χ3n) is 6.93. The molecule has 40 heavy (non-hydrogen) atoms. The van der Waals surface area contributed by atoms with E-state index >= 15 is 0 Å². The third-order valence-corrected chi connectivity index (χ3v) is 6.93. The van der Waals surface area contributed by atoms with Crippen molar-refractivity contribution in [1.82, 2.24) is 0 Å². The molecule has 6 heteroatoms. The van der Waals surface area contributed by atoms with Gasteiger partial charge < -0.3 is 25.2 Å². The van der Waals surface area contributed by atoms with Crippen molar-refractivity contribution in [3.63, 3.8) is 0 Å². The van der Waals surface area contributed by atoms with Crippen molar-refractivity contribution in [2.75, 3.05) is 7.11 Å². The van der Waals surface area contributed by atoms with Crippen LogP contribution in [0, 0.1) is 0 Å². The van der Waals surface area contributed by atoms with E-state index in [-0.39, 0.29) is 39.9 Å². The lowest BCUT2D eigenvalue weighted by Crippen LogP contribution is -2.06. The number of hydrogen-bond acceptors (Lipinski definition) is 6. The van der Waals surface area contributed by atoms with E-state index in [2.05, 4.69) is 6.92 Å². The van der Waals surface area contributed by atoms with Gasteiger partial charge in [-0.15, -0.1) is 0 Å². The highest BCUT2D eigenvalue weighted by Gasteiger charge is 2.27. The van der Waals surface area contributed by atoms with Crippen LogP contribution < -0.4 is 4.74 Å². The molecule has 0 aliphatic rings. The first-order chi connectivity index (χ1) is 19.3. The van der Waals surface area contributed by atoms with Crippen molar-refractivity contribution in [3.05, 3.63) is 95.1 Å². The van der Waals surface area contributed by atoms with Gasteiger partial charge in [-0.3, -0.25) is 4.79 Å². The summed E-state index contributed by atoms with van der Waals surface area (Å²) in [7, 11) is 1.37. The quantitative estimate of drug-likeness (QED) is 0.0664. The second-order valence-corrected chi connectivity index (χ2v) is 9.93. The first-order valence-electron chi connectivity index (χ1n) is 14.0. The van der Waals surface area contributed by atoms with E-state index in [1.165, 1.54) is 63.5 Å². The van der Waals surface area contributed by atoms with Crippen LogP contribution in [0.5, 0.6) is 28.7 Å². The number of unbranched alkanes of at least 4 members (excludes halogenated alkanes) is 7. The Hall–Kier alpha value is -4.19. The van der Waals surface area contributed by atoms with Gasteiger partial charge in [0, 0.05) is 17.5 Å². The molecule has 0 aliphatic carbocycles. The molecule has 0 heterocycles. The number of aromatic hydroxyl groups is 4. The highest BCUT2D eigenvalue weighted by Crippen LogP contribution is 2.45. The van der Waals surface area contributed by atoms with E-state index in [1.54, 1.807) is 42.5 Å². The molecule has 0 spiro atoms. The number of hydrogen-bond donors (Lipinski definition) is 4. The molecular weight excluding hydrogens is 504 g/mol. The summed E-state index contributed by atoms with van der Waals surface area (Å²) in [5, 5.41) is 41.7. The molecule has 0 fully saturated rings. The number of allylic oxidation sites excluding steroid dienone is 3. The van der Waals surface area contributed by atoms with Crippen molar-refractivity contribution < 1.29 is 30.0 Å². The molecule has 1 unspecified atom stereocenters. The number of benzene rings is 3. The van der Waals surface area contributed by atoms with Gasteiger partial charge in [-0.05, 0) is 54.3 Å². The molecule has 3 aromatic rings. The SMILES string of the molecule is CCCCCCCCC/C=C/C(c1ccc(O)cc1)c1c(O)cc(OC)c(C(=O)/C=C/c2ccc(O)cc2)c1O. The van der Waals surface area contributed by atoms with E-state index < -0.39 is 11.7 Å². The van der Waals surface area contributed by atoms with E-state index in [0.29, 0.717) is 5.56 Å². The summed E-state index contributed by atoms with van der Waals surface area (Å²) < 4.78 is 5.35. The lowest BCUT2D eigenvalue weighted by Gasteiger charge is -2.20. The minimum absolute atomic E-state index is 0.0515. The Morgan fingerprint density at radius 3 is 2.08 bits per heavy atom. The number of methoxy groups -OCH3 is 1. The Labute approximate surface area is 236 Å². The van der Waals surface area contributed by atoms with Crippen LogP contribution >= 0.6 is 0 Å². The Morgan fingerprint density at radius 2 is 1.45 bits per heavy atom. The molecule has 3 aromatic carbocycles. The number of carbonyl (C=O) groups excluding carboxylic acids is 1. The fourth-order valence-electron chi connectivity index (χ4n) is 4.70. The predicted molar refractivity (Wildman–Crippen MR) is 159 cm³/mol. The molecule has 0 amide bonds. The summed E-state index contributed by atoms with van der Waals surface area (Å²) in [5.74, 6) is -1.36. The van der Waals surface area contributed by atoms with E-state index in [9.17, 15) is 25.2 Å². The fraction of sp³-hybridized carbons (Fsp3) is 0.324. The summed E-state index contributed by atoms with van der Waals surface area (Å²) in [6.45, 7) is 2.21. The molecule has 212 valence electrons. The largest absolute Gasteiger partial charge is 0.508 e. The van der Waals surface area contributed by atoms with E-state index in [4.69, 9.17) is 4.74 Å². The lowest BCUT2D eigenvalue weighted by atomic mass is 9.87. The maximum absolute atomic E-state index is 13.3. The molecule has 3 rings (SSSR count). The summed E-state index contributed by atoms with van der Waals surface area (Å²) in [6.07, 6.45) is 16.1. The van der Waals surface area contributed by atoms with Gasteiger partial charge in [-0.1, -0.05) is 87.9 Å². The van der Waals surface area contributed by atoms with Crippen molar-refractivity contribution in [2.45, 2.75) is 64.2 Å². The number of phenols is 4. The Balaban J connectivity index is 1.91. The monoisotopic (exact) mass is 544 g/mol.